The molecule has 17 heavy (non-hydrogen) atoms. The molecule has 0 aliphatic heterocycles. The first-order chi connectivity index (χ1) is 7.78. The van der Waals surface area contributed by atoms with Gasteiger partial charge in [0.15, 0.2) is 3.57 Å². The van der Waals surface area contributed by atoms with E-state index in [4.69, 9.17) is 5.26 Å². The standard InChI is InChI=1S/C8H5F3INO3S/c9-8(10,11)17(14,15)16-12(6-13)7-4-2-1-3-5-7/h1-5H/q+1. The van der Waals surface area contributed by atoms with Crippen LogP contribution < -0.4 is 20.2 Å². The average Bonchev–Trinajstić information content (AvgIpc) is 2.25. The van der Waals surface area contributed by atoms with Gasteiger partial charge < -0.3 is 0 Å². The monoisotopic (exact) mass is 379 g/mol. The number of alkyl halides is 3. The Bertz CT molecular complexity index is 523. The molecule has 0 heterocycles. The predicted molar refractivity (Wildman–Crippen MR) is 46.8 cm³/mol. The van der Waals surface area contributed by atoms with Crippen LogP contribution in [0.4, 0.5) is 13.2 Å². The van der Waals surface area contributed by atoms with Gasteiger partial charge in [0, 0.05) is 0 Å². The molecule has 1 aromatic rings. The Labute approximate surface area is 103 Å². The van der Waals surface area contributed by atoms with E-state index in [1.54, 1.807) is 6.07 Å². The fourth-order valence-electron chi connectivity index (χ4n) is 0.747. The van der Waals surface area contributed by atoms with Crippen molar-refractivity contribution >= 4 is 10.1 Å². The van der Waals surface area contributed by atoms with E-state index in [0.717, 1.165) is 0 Å². The van der Waals surface area contributed by atoms with E-state index < -0.39 is 35.9 Å². The third-order valence-corrected chi connectivity index (χ3v) is 7.08. The lowest BCUT2D eigenvalue weighted by molar-refractivity contribution is -0.990. The summed E-state index contributed by atoms with van der Waals surface area (Å²) >= 11 is -3.49. The highest BCUT2D eigenvalue weighted by atomic mass is 127. The Balaban J connectivity index is 2.99. The minimum Gasteiger partial charge on any atom is -0.186 e. The summed E-state index contributed by atoms with van der Waals surface area (Å²) in [6.07, 6.45) is 0. The van der Waals surface area contributed by atoms with E-state index in [2.05, 4.69) is 2.51 Å². The first-order valence-electron chi connectivity index (χ1n) is 3.94. The zero-order valence-electron chi connectivity index (χ0n) is 7.98. The van der Waals surface area contributed by atoms with Gasteiger partial charge in [0.2, 0.25) is 0 Å². The van der Waals surface area contributed by atoms with Crippen LogP contribution >= 0.6 is 0 Å². The van der Waals surface area contributed by atoms with E-state index >= 15 is 0 Å². The summed E-state index contributed by atoms with van der Waals surface area (Å²) in [7, 11) is -5.71. The van der Waals surface area contributed by atoms with Gasteiger partial charge in [-0.2, -0.15) is 21.6 Å². The zero-order chi connectivity index (χ0) is 13.1. The molecule has 0 aliphatic carbocycles. The highest BCUT2D eigenvalue weighted by molar-refractivity contribution is 7.87. The molecule has 9 heteroatoms. The van der Waals surface area contributed by atoms with Crippen LogP contribution in [0.3, 0.4) is 0 Å². The summed E-state index contributed by atoms with van der Waals surface area (Å²) in [5, 5.41) is 8.67. The zero-order valence-corrected chi connectivity index (χ0v) is 11.0. The molecule has 1 aromatic carbocycles. The van der Waals surface area contributed by atoms with E-state index in [-0.39, 0.29) is 3.57 Å². The Kier molecular flexibility index (Phi) is 4.34. The van der Waals surface area contributed by atoms with Gasteiger partial charge in [0.25, 0.3) is 0 Å². The molecule has 0 amide bonds. The van der Waals surface area contributed by atoms with Crippen LogP contribution in [0.25, 0.3) is 0 Å². The number of nitriles is 1. The van der Waals surface area contributed by atoms with Gasteiger partial charge in [-0.15, -0.1) is 5.26 Å². The van der Waals surface area contributed by atoms with Gasteiger partial charge in [-0.05, 0) is 14.6 Å². The SMILES string of the molecule is N#C[I+](OS(=O)(=O)C(F)(F)F)c1ccccc1. The second-order valence-electron chi connectivity index (χ2n) is 2.59. The van der Waals surface area contributed by atoms with Gasteiger partial charge in [0.1, 0.15) is 0 Å². The minimum absolute atomic E-state index is 0.187. The van der Waals surface area contributed by atoms with Crippen LogP contribution in [0.15, 0.2) is 30.3 Å². The molecule has 0 aliphatic rings. The van der Waals surface area contributed by atoms with E-state index in [0.29, 0.717) is 0 Å². The van der Waals surface area contributed by atoms with Gasteiger partial charge in [-0.25, -0.2) is 0 Å². The molecule has 1 radical (unpaired) electrons. The quantitative estimate of drug-likeness (QED) is 0.486. The largest absolute Gasteiger partial charge is 0.526 e. The molecular weight excluding hydrogens is 374 g/mol. The summed E-state index contributed by atoms with van der Waals surface area (Å²) in [5.41, 5.74) is -5.51. The third kappa shape index (κ3) is 3.55. The van der Waals surface area contributed by atoms with E-state index in [9.17, 15) is 21.6 Å². The topological polar surface area (TPSA) is 67.2 Å². The van der Waals surface area contributed by atoms with Crippen molar-refractivity contribution in [1.29, 1.82) is 5.26 Å². The lowest BCUT2D eigenvalue weighted by Crippen LogP contribution is -3.84. The number of nitrogens with zero attached hydrogens (tertiary/aromatic N) is 1. The summed E-state index contributed by atoms with van der Waals surface area (Å²) in [6.45, 7) is 0. The Morgan fingerprint density at radius 3 is 2.18 bits per heavy atom. The van der Waals surface area contributed by atoms with Crippen molar-refractivity contribution in [3.63, 3.8) is 0 Å². The second-order valence-corrected chi connectivity index (χ2v) is 8.32. The first kappa shape index (κ1) is 14.2. The summed E-state index contributed by atoms with van der Waals surface area (Å²) in [6, 6.07) is 7.29. The minimum atomic E-state index is -5.71. The Morgan fingerprint density at radius 2 is 1.76 bits per heavy atom. The molecule has 4 nitrogen and oxygen atoms in total. The molecule has 0 fully saturated rings. The van der Waals surface area contributed by atoms with Gasteiger partial charge in [-0.3, -0.25) is 0 Å². The molecule has 0 N–H and O–H groups in total. The molecule has 0 atom stereocenters. The van der Waals surface area contributed by atoms with Crippen molar-refractivity contribution < 1.29 is 44.3 Å². The van der Waals surface area contributed by atoms with Crippen LogP contribution in [0, 0.1) is 12.9 Å². The molecule has 1 rings (SSSR count). The highest BCUT2D eigenvalue weighted by Crippen LogP contribution is 2.22. The number of hydrogen-bond acceptors (Lipinski definition) is 4. The molecular formula is C8H5F3INO3S+. The van der Waals surface area contributed by atoms with Crippen molar-refractivity contribution in [3.8, 4) is 4.08 Å². The van der Waals surface area contributed by atoms with Crippen LogP contribution in [0.1, 0.15) is 0 Å². The lowest BCUT2D eigenvalue weighted by Gasteiger charge is -2.03. The third-order valence-electron chi connectivity index (χ3n) is 1.44. The number of hydrogen-bond donors (Lipinski definition) is 0. The molecule has 0 spiro atoms. The van der Waals surface area contributed by atoms with Crippen molar-refractivity contribution in [2.75, 3.05) is 0 Å². The number of benzene rings is 1. The maximum Gasteiger partial charge on any atom is 0.526 e. The molecule has 0 unspecified atom stereocenters. The maximum atomic E-state index is 12.0. The van der Waals surface area contributed by atoms with Crippen molar-refractivity contribution in [2.45, 2.75) is 5.51 Å². The van der Waals surface area contributed by atoms with Crippen molar-refractivity contribution in [1.82, 2.24) is 0 Å². The number of halogens is 4. The molecule has 93 valence electrons. The second kappa shape index (κ2) is 5.19. The first-order valence-corrected chi connectivity index (χ1v) is 8.38. The van der Waals surface area contributed by atoms with Crippen LogP contribution in [0.2, 0.25) is 0 Å². The highest BCUT2D eigenvalue weighted by Gasteiger charge is 2.53. The van der Waals surface area contributed by atoms with Crippen molar-refractivity contribution in [3.05, 3.63) is 33.9 Å². The van der Waals surface area contributed by atoms with Gasteiger partial charge >= 0.3 is 39.9 Å². The normalized spacial score (nSPS) is 12.4. The fraction of sp³-hybridized carbons (Fsp3) is 0.125. The molecule has 0 saturated carbocycles. The number of rotatable bonds is 3. The van der Waals surface area contributed by atoms with Gasteiger partial charge in [-0.1, -0.05) is 18.2 Å². The van der Waals surface area contributed by atoms with Crippen LogP contribution in [-0.4, -0.2) is 13.9 Å². The predicted octanol–water partition coefficient (Wildman–Crippen LogP) is -1.26. The lowest BCUT2D eigenvalue weighted by atomic mass is 10.4. The molecule has 0 saturated heterocycles. The van der Waals surface area contributed by atoms with Gasteiger partial charge in [0.05, 0.1) is 0 Å². The fourth-order valence-corrected chi connectivity index (χ4v) is 5.33. The van der Waals surface area contributed by atoms with Crippen molar-refractivity contribution in [2.24, 2.45) is 0 Å². The molecule has 0 aromatic heterocycles. The van der Waals surface area contributed by atoms with E-state index in [1.165, 1.54) is 28.3 Å². The maximum absolute atomic E-state index is 12.0. The smallest absolute Gasteiger partial charge is 0.186 e. The van der Waals surface area contributed by atoms with Crippen LogP contribution in [0.5, 0.6) is 0 Å². The summed E-state index contributed by atoms with van der Waals surface area (Å²) in [4.78, 5) is 0. The average molecular weight is 379 g/mol. The summed E-state index contributed by atoms with van der Waals surface area (Å²) < 4.78 is 63.3. The summed E-state index contributed by atoms with van der Waals surface area (Å²) in [5.74, 6) is 0. The molecule has 0 bridgehead atoms. The Morgan fingerprint density at radius 1 is 1.24 bits per heavy atom. The Hall–Kier alpha value is -0.860. The van der Waals surface area contributed by atoms with Crippen LogP contribution in [-0.2, 0) is 12.6 Å². The van der Waals surface area contributed by atoms with E-state index in [1.807, 2.05) is 0 Å².